The van der Waals surface area contributed by atoms with Gasteiger partial charge in [0.2, 0.25) is 0 Å². The summed E-state index contributed by atoms with van der Waals surface area (Å²) in [5, 5.41) is 9.01. The van der Waals surface area contributed by atoms with Crippen molar-refractivity contribution in [2.45, 2.75) is 58.8 Å². The summed E-state index contributed by atoms with van der Waals surface area (Å²) in [6.45, 7) is 5.21. The van der Waals surface area contributed by atoms with Crippen LogP contribution < -0.4 is 9.47 Å². The molecule has 4 heteroatoms. The van der Waals surface area contributed by atoms with Crippen LogP contribution in [-0.4, -0.2) is 24.3 Å². The molecule has 0 radical (unpaired) electrons. The fourth-order valence-corrected chi connectivity index (χ4v) is 2.27. The van der Waals surface area contributed by atoms with Crippen LogP contribution >= 0.6 is 0 Å². The van der Waals surface area contributed by atoms with Crippen LogP contribution in [0.1, 0.15) is 69.2 Å². The Morgan fingerprint density at radius 1 is 0.955 bits per heavy atom. The number of hydrogen-bond donors (Lipinski definition) is 1. The van der Waals surface area contributed by atoms with E-state index in [4.69, 9.17) is 14.6 Å². The second-order valence-electron chi connectivity index (χ2n) is 5.37. The molecule has 0 aliphatic rings. The molecule has 0 aliphatic heterocycles. The molecule has 4 nitrogen and oxygen atoms in total. The van der Waals surface area contributed by atoms with Gasteiger partial charge in [-0.2, -0.15) is 0 Å². The summed E-state index contributed by atoms with van der Waals surface area (Å²) in [7, 11) is 0. The van der Waals surface area contributed by atoms with Crippen LogP contribution in [0.4, 0.5) is 0 Å². The predicted octanol–water partition coefficient (Wildman–Crippen LogP) is 4.91. The zero-order valence-corrected chi connectivity index (χ0v) is 13.8. The van der Waals surface area contributed by atoms with E-state index in [1.54, 1.807) is 12.1 Å². The van der Waals surface area contributed by atoms with Crippen molar-refractivity contribution in [1.82, 2.24) is 0 Å². The van der Waals surface area contributed by atoms with Crippen LogP contribution in [0.25, 0.3) is 0 Å². The van der Waals surface area contributed by atoms with Crippen molar-refractivity contribution in [2.24, 2.45) is 0 Å². The molecule has 0 saturated carbocycles. The largest absolute Gasteiger partial charge is 0.490 e. The molecule has 0 unspecified atom stereocenters. The van der Waals surface area contributed by atoms with Crippen LogP contribution in [0.5, 0.6) is 11.5 Å². The van der Waals surface area contributed by atoms with E-state index in [1.165, 1.54) is 44.6 Å². The van der Waals surface area contributed by atoms with Gasteiger partial charge in [-0.1, -0.05) is 45.4 Å². The molecule has 0 fully saturated rings. The van der Waals surface area contributed by atoms with Crippen molar-refractivity contribution in [2.75, 3.05) is 13.2 Å². The quantitative estimate of drug-likeness (QED) is 0.557. The summed E-state index contributed by atoms with van der Waals surface area (Å²) in [6, 6.07) is 4.74. The maximum absolute atomic E-state index is 11.0. The highest BCUT2D eigenvalue weighted by Crippen LogP contribution is 2.28. The molecule has 0 heterocycles. The number of benzene rings is 1. The van der Waals surface area contributed by atoms with Crippen LogP contribution in [0.15, 0.2) is 18.2 Å². The molecule has 0 amide bonds. The highest BCUT2D eigenvalue weighted by atomic mass is 16.5. The predicted molar refractivity (Wildman–Crippen MR) is 88.1 cm³/mol. The Morgan fingerprint density at radius 3 is 2.27 bits per heavy atom. The van der Waals surface area contributed by atoms with Crippen LogP contribution in [0, 0.1) is 0 Å². The molecule has 1 aromatic carbocycles. The molecule has 0 spiro atoms. The van der Waals surface area contributed by atoms with Gasteiger partial charge in [-0.05, 0) is 31.5 Å². The minimum atomic E-state index is -0.959. The number of carboxylic acid groups (broad SMARTS) is 1. The third-order valence-corrected chi connectivity index (χ3v) is 3.50. The Labute approximate surface area is 133 Å². The molecule has 22 heavy (non-hydrogen) atoms. The van der Waals surface area contributed by atoms with Crippen LogP contribution in [0.3, 0.4) is 0 Å². The molecule has 1 aromatic rings. The van der Waals surface area contributed by atoms with Gasteiger partial charge < -0.3 is 14.6 Å². The monoisotopic (exact) mass is 308 g/mol. The van der Waals surface area contributed by atoms with Crippen molar-refractivity contribution in [3.05, 3.63) is 23.8 Å². The fraction of sp³-hybridized carbons (Fsp3) is 0.611. The molecular weight excluding hydrogens is 280 g/mol. The standard InChI is InChI=1S/C18H28O4/c1-3-5-6-7-8-9-10-13-22-16-12-11-15(18(19)20)14-17(16)21-4-2/h11-12,14H,3-10,13H2,1-2H3,(H,19,20). The lowest BCUT2D eigenvalue weighted by Gasteiger charge is -2.12. The number of carboxylic acids is 1. The van der Waals surface area contributed by atoms with Crippen molar-refractivity contribution in [3.63, 3.8) is 0 Å². The molecule has 0 bridgehead atoms. The number of carbonyl (C=O) groups is 1. The van der Waals surface area contributed by atoms with E-state index in [0.717, 1.165) is 6.42 Å². The van der Waals surface area contributed by atoms with E-state index in [1.807, 2.05) is 6.92 Å². The molecular formula is C18H28O4. The summed E-state index contributed by atoms with van der Waals surface area (Å²) in [4.78, 5) is 11.0. The smallest absolute Gasteiger partial charge is 0.335 e. The second-order valence-corrected chi connectivity index (χ2v) is 5.37. The van der Waals surface area contributed by atoms with Crippen molar-refractivity contribution in [1.29, 1.82) is 0 Å². The van der Waals surface area contributed by atoms with Crippen LogP contribution in [0.2, 0.25) is 0 Å². The number of hydrogen-bond acceptors (Lipinski definition) is 3. The molecule has 0 saturated heterocycles. The minimum Gasteiger partial charge on any atom is -0.490 e. The first-order valence-corrected chi connectivity index (χ1v) is 8.32. The van der Waals surface area contributed by atoms with Gasteiger partial charge in [-0.15, -0.1) is 0 Å². The lowest BCUT2D eigenvalue weighted by molar-refractivity contribution is 0.0696. The number of rotatable bonds is 12. The van der Waals surface area contributed by atoms with E-state index in [2.05, 4.69) is 6.92 Å². The first-order valence-electron chi connectivity index (χ1n) is 8.32. The Balaban J connectivity index is 2.36. The highest BCUT2D eigenvalue weighted by Gasteiger charge is 2.10. The lowest BCUT2D eigenvalue weighted by atomic mass is 10.1. The molecule has 1 N–H and O–H groups in total. The maximum Gasteiger partial charge on any atom is 0.335 e. The zero-order chi connectivity index (χ0) is 16.2. The molecule has 0 aliphatic carbocycles. The van der Waals surface area contributed by atoms with E-state index in [0.29, 0.717) is 24.7 Å². The molecule has 1 rings (SSSR count). The Kier molecular flexibility index (Phi) is 9.12. The normalized spacial score (nSPS) is 10.5. The van der Waals surface area contributed by atoms with Gasteiger partial charge in [0.15, 0.2) is 11.5 Å². The lowest BCUT2D eigenvalue weighted by Crippen LogP contribution is -2.03. The van der Waals surface area contributed by atoms with Gasteiger partial charge in [0, 0.05) is 0 Å². The maximum atomic E-state index is 11.0. The van der Waals surface area contributed by atoms with Gasteiger partial charge in [-0.25, -0.2) is 4.79 Å². The van der Waals surface area contributed by atoms with E-state index >= 15 is 0 Å². The van der Waals surface area contributed by atoms with Gasteiger partial charge in [0.1, 0.15) is 0 Å². The highest BCUT2D eigenvalue weighted by molar-refractivity contribution is 5.88. The van der Waals surface area contributed by atoms with E-state index < -0.39 is 5.97 Å². The van der Waals surface area contributed by atoms with Crippen LogP contribution in [-0.2, 0) is 0 Å². The van der Waals surface area contributed by atoms with Gasteiger partial charge in [0.25, 0.3) is 0 Å². The third-order valence-electron chi connectivity index (χ3n) is 3.50. The van der Waals surface area contributed by atoms with Crippen molar-refractivity contribution >= 4 is 5.97 Å². The Morgan fingerprint density at radius 2 is 1.64 bits per heavy atom. The molecule has 0 aromatic heterocycles. The zero-order valence-electron chi connectivity index (χ0n) is 13.8. The van der Waals surface area contributed by atoms with Gasteiger partial charge in [-0.3, -0.25) is 0 Å². The van der Waals surface area contributed by atoms with E-state index in [-0.39, 0.29) is 5.56 Å². The number of ether oxygens (including phenoxy) is 2. The number of aromatic carboxylic acids is 1. The Bertz CT molecular complexity index is 443. The summed E-state index contributed by atoms with van der Waals surface area (Å²) in [6.07, 6.45) is 8.65. The first-order chi connectivity index (χ1) is 10.7. The van der Waals surface area contributed by atoms with Gasteiger partial charge in [0.05, 0.1) is 18.8 Å². The second kappa shape index (κ2) is 10.9. The topological polar surface area (TPSA) is 55.8 Å². The minimum absolute atomic E-state index is 0.215. The molecule has 124 valence electrons. The van der Waals surface area contributed by atoms with Crippen molar-refractivity contribution < 1.29 is 19.4 Å². The van der Waals surface area contributed by atoms with Gasteiger partial charge >= 0.3 is 5.97 Å². The average Bonchev–Trinajstić information content (AvgIpc) is 2.51. The average molecular weight is 308 g/mol. The fourth-order valence-electron chi connectivity index (χ4n) is 2.27. The number of unbranched alkanes of at least 4 members (excludes halogenated alkanes) is 6. The Hall–Kier alpha value is -1.71. The van der Waals surface area contributed by atoms with Crippen molar-refractivity contribution in [3.8, 4) is 11.5 Å². The summed E-state index contributed by atoms with van der Waals surface area (Å²) >= 11 is 0. The summed E-state index contributed by atoms with van der Waals surface area (Å²) < 4.78 is 11.2. The molecule has 0 atom stereocenters. The summed E-state index contributed by atoms with van der Waals surface area (Å²) in [5.74, 6) is 0.169. The third kappa shape index (κ3) is 6.83. The first kappa shape index (κ1) is 18.3. The summed E-state index contributed by atoms with van der Waals surface area (Å²) in [5.41, 5.74) is 0.215. The van der Waals surface area contributed by atoms with E-state index in [9.17, 15) is 4.79 Å². The SMILES string of the molecule is CCCCCCCCCOc1ccc(C(=O)O)cc1OCC.